The molecular formula is C24H31N5O3. The molecule has 1 saturated heterocycles. The molecule has 0 saturated carbocycles. The van der Waals surface area contributed by atoms with Crippen LogP contribution >= 0.6 is 0 Å². The van der Waals surface area contributed by atoms with Crippen LogP contribution in [0.1, 0.15) is 46.5 Å². The lowest BCUT2D eigenvalue weighted by molar-refractivity contribution is -0.136. The summed E-state index contributed by atoms with van der Waals surface area (Å²) < 4.78 is 3.09. The van der Waals surface area contributed by atoms with E-state index < -0.39 is 5.60 Å². The van der Waals surface area contributed by atoms with E-state index in [0.717, 1.165) is 12.1 Å². The molecule has 170 valence electrons. The third-order valence-corrected chi connectivity index (χ3v) is 6.16. The van der Waals surface area contributed by atoms with Gasteiger partial charge in [0.05, 0.1) is 24.0 Å². The van der Waals surface area contributed by atoms with Crippen LogP contribution in [0.4, 0.5) is 0 Å². The summed E-state index contributed by atoms with van der Waals surface area (Å²) >= 11 is 0. The zero-order valence-electron chi connectivity index (χ0n) is 19.0. The number of piperidine rings is 1. The Morgan fingerprint density at radius 3 is 2.50 bits per heavy atom. The highest BCUT2D eigenvalue weighted by molar-refractivity contribution is 5.76. The van der Waals surface area contributed by atoms with Gasteiger partial charge in [0.25, 0.3) is 5.56 Å². The highest BCUT2D eigenvalue weighted by atomic mass is 16.3. The number of rotatable bonds is 5. The van der Waals surface area contributed by atoms with Crippen LogP contribution in [0.2, 0.25) is 0 Å². The molecule has 1 fully saturated rings. The van der Waals surface area contributed by atoms with Crippen LogP contribution in [-0.4, -0.2) is 53.9 Å². The lowest BCUT2D eigenvalue weighted by Gasteiger charge is -2.38. The largest absolute Gasteiger partial charge is 0.388 e. The minimum absolute atomic E-state index is 0.118. The number of nitrogens with zero attached hydrogens (tertiary/aromatic N) is 5. The van der Waals surface area contributed by atoms with Crippen molar-refractivity contribution in [3.8, 4) is 5.69 Å². The number of benzene rings is 1. The van der Waals surface area contributed by atoms with Gasteiger partial charge in [-0.05, 0) is 36.8 Å². The van der Waals surface area contributed by atoms with Crippen LogP contribution in [0.15, 0.2) is 47.7 Å². The highest BCUT2D eigenvalue weighted by Crippen LogP contribution is 2.26. The van der Waals surface area contributed by atoms with Crippen LogP contribution < -0.4 is 5.56 Å². The maximum Gasteiger partial charge on any atom is 0.264 e. The summed E-state index contributed by atoms with van der Waals surface area (Å²) in [7, 11) is 0. The number of para-hydroxylation sites is 1. The van der Waals surface area contributed by atoms with Gasteiger partial charge in [-0.25, -0.2) is 9.67 Å². The van der Waals surface area contributed by atoms with Crippen molar-refractivity contribution in [1.82, 2.24) is 24.2 Å². The molecule has 1 aliphatic rings. The normalized spacial score (nSPS) is 16.4. The first-order chi connectivity index (χ1) is 15.2. The molecule has 8 heteroatoms. The highest BCUT2D eigenvalue weighted by Gasteiger charge is 2.35. The molecule has 1 amide bonds. The smallest absolute Gasteiger partial charge is 0.264 e. The number of aromatic nitrogens is 4. The van der Waals surface area contributed by atoms with E-state index in [9.17, 15) is 14.7 Å². The Balaban J connectivity index is 1.45. The van der Waals surface area contributed by atoms with E-state index in [4.69, 9.17) is 0 Å². The van der Waals surface area contributed by atoms with Crippen LogP contribution in [0, 0.1) is 5.41 Å². The van der Waals surface area contributed by atoms with Gasteiger partial charge in [-0.2, -0.15) is 5.10 Å². The van der Waals surface area contributed by atoms with Crippen molar-refractivity contribution in [1.29, 1.82) is 0 Å². The van der Waals surface area contributed by atoms with Crippen LogP contribution in [0.3, 0.4) is 0 Å². The SMILES string of the molecule is CC(C)(C)CCC(=O)N1CCC(O)(Cn2cnc3c(cnn3-c3ccccc3)c2=O)CC1. The third kappa shape index (κ3) is 4.75. The van der Waals surface area contributed by atoms with Crippen molar-refractivity contribution in [3.63, 3.8) is 0 Å². The first-order valence-corrected chi connectivity index (χ1v) is 11.1. The molecule has 4 rings (SSSR count). The summed E-state index contributed by atoms with van der Waals surface area (Å²) in [5, 5.41) is 15.9. The van der Waals surface area contributed by atoms with Crippen LogP contribution in [0.5, 0.6) is 0 Å². The van der Waals surface area contributed by atoms with Crippen molar-refractivity contribution in [3.05, 3.63) is 53.2 Å². The monoisotopic (exact) mass is 437 g/mol. The van der Waals surface area contributed by atoms with Gasteiger partial charge in [-0.15, -0.1) is 0 Å². The minimum atomic E-state index is -1.05. The topological polar surface area (TPSA) is 93.2 Å². The molecule has 1 aliphatic heterocycles. The Hall–Kier alpha value is -3.00. The molecule has 1 N–H and O–H groups in total. The van der Waals surface area contributed by atoms with Crippen molar-refractivity contribution in [2.75, 3.05) is 13.1 Å². The van der Waals surface area contributed by atoms with Gasteiger partial charge in [0.2, 0.25) is 5.91 Å². The number of carbonyl (C=O) groups excluding carboxylic acids is 1. The van der Waals surface area contributed by atoms with Crippen LogP contribution in [0.25, 0.3) is 16.7 Å². The second kappa shape index (κ2) is 8.50. The molecule has 0 radical (unpaired) electrons. The molecule has 32 heavy (non-hydrogen) atoms. The minimum Gasteiger partial charge on any atom is -0.388 e. The summed E-state index contributed by atoms with van der Waals surface area (Å²) in [6.45, 7) is 7.52. The Morgan fingerprint density at radius 2 is 1.84 bits per heavy atom. The van der Waals surface area contributed by atoms with E-state index in [1.807, 2.05) is 35.2 Å². The maximum absolute atomic E-state index is 13.0. The molecule has 0 bridgehead atoms. The standard InChI is InChI=1S/C24H31N5O3/c1-23(2,3)10-9-20(30)27-13-11-24(32,12-14-27)16-28-17-25-21-19(22(28)31)15-26-29(21)18-7-5-4-6-8-18/h4-8,15,17,32H,9-14,16H2,1-3H3. The molecule has 2 aromatic heterocycles. The number of carbonyl (C=O) groups is 1. The maximum atomic E-state index is 13.0. The average molecular weight is 438 g/mol. The van der Waals surface area contributed by atoms with Gasteiger partial charge < -0.3 is 10.0 Å². The predicted octanol–water partition coefficient (Wildman–Crippen LogP) is 2.76. The summed E-state index contributed by atoms with van der Waals surface area (Å²) in [4.78, 5) is 31.8. The van der Waals surface area contributed by atoms with Crippen molar-refractivity contribution in [2.45, 2.75) is 58.6 Å². The van der Waals surface area contributed by atoms with Crippen molar-refractivity contribution < 1.29 is 9.90 Å². The lowest BCUT2D eigenvalue weighted by Crippen LogP contribution is -2.49. The van der Waals surface area contributed by atoms with Crippen LogP contribution in [-0.2, 0) is 11.3 Å². The number of likely N-dealkylation sites (tertiary alicyclic amines) is 1. The predicted molar refractivity (Wildman–Crippen MR) is 123 cm³/mol. The van der Waals surface area contributed by atoms with E-state index in [2.05, 4.69) is 30.9 Å². The summed E-state index contributed by atoms with van der Waals surface area (Å²) in [5.41, 5.74) is 0.162. The number of amides is 1. The summed E-state index contributed by atoms with van der Waals surface area (Å²) in [6, 6.07) is 9.53. The Labute approximate surface area is 187 Å². The Bertz CT molecular complexity index is 1150. The molecule has 0 aliphatic carbocycles. The first kappa shape index (κ1) is 22.2. The van der Waals surface area contributed by atoms with Gasteiger partial charge in [-0.1, -0.05) is 39.0 Å². The lowest BCUT2D eigenvalue weighted by atomic mass is 9.89. The molecule has 3 heterocycles. The molecule has 0 atom stereocenters. The Morgan fingerprint density at radius 1 is 1.16 bits per heavy atom. The molecular weight excluding hydrogens is 406 g/mol. The second-order valence-electron chi connectivity index (χ2n) is 9.97. The number of hydrogen-bond acceptors (Lipinski definition) is 5. The van der Waals surface area contributed by atoms with E-state index in [0.29, 0.717) is 43.4 Å². The van der Waals surface area contributed by atoms with Crippen molar-refractivity contribution in [2.24, 2.45) is 5.41 Å². The summed E-state index contributed by atoms with van der Waals surface area (Å²) in [6.07, 6.45) is 5.22. The van der Waals surface area contributed by atoms with Crippen molar-refractivity contribution >= 4 is 16.9 Å². The van der Waals surface area contributed by atoms with Gasteiger partial charge in [0.1, 0.15) is 11.7 Å². The fraction of sp³-hybridized carbons (Fsp3) is 0.500. The molecule has 1 aromatic carbocycles. The summed E-state index contributed by atoms with van der Waals surface area (Å²) in [5.74, 6) is 0.135. The van der Waals surface area contributed by atoms with E-state index >= 15 is 0 Å². The quantitative estimate of drug-likeness (QED) is 0.663. The van der Waals surface area contributed by atoms with Gasteiger partial charge in [0, 0.05) is 19.5 Å². The zero-order chi connectivity index (χ0) is 22.9. The van der Waals surface area contributed by atoms with Gasteiger partial charge >= 0.3 is 0 Å². The zero-order valence-corrected chi connectivity index (χ0v) is 19.0. The number of hydrogen-bond donors (Lipinski definition) is 1. The third-order valence-electron chi connectivity index (χ3n) is 6.16. The van der Waals surface area contributed by atoms with E-state index in [1.54, 1.807) is 4.68 Å². The molecule has 0 unspecified atom stereocenters. The average Bonchev–Trinajstić information content (AvgIpc) is 3.19. The second-order valence-corrected chi connectivity index (χ2v) is 9.97. The fourth-order valence-electron chi connectivity index (χ4n) is 4.11. The Kier molecular flexibility index (Phi) is 5.90. The molecule has 3 aromatic rings. The van der Waals surface area contributed by atoms with E-state index in [1.165, 1.54) is 17.1 Å². The van der Waals surface area contributed by atoms with Gasteiger partial charge in [-0.3, -0.25) is 14.2 Å². The van der Waals surface area contributed by atoms with Gasteiger partial charge in [0.15, 0.2) is 5.65 Å². The fourth-order valence-corrected chi connectivity index (χ4v) is 4.11. The van der Waals surface area contributed by atoms with E-state index in [-0.39, 0.29) is 23.4 Å². The molecule has 0 spiro atoms. The first-order valence-electron chi connectivity index (χ1n) is 11.1. The molecule has 8 nitrogen and oxygen atoms in total. The number of fused-ring (bicyclic) bond motifs is 1. The number of aliphatic hydroxyl groups is 1.